The van der Waals surface area contributed by atoms with Crippen LogP contribution in [-0.4, -0.2) is 0 Å². The minimum atomic E-state index is -0.460. The minimum Gasteiger partial charge on any atom is -0.399 e. The normalized spacial score (nSPS) is 10.4. The van der Waals surface area contributed by atoms with Crippen molar-refractivity contribution in [2.45, 2.75) is 6.92 Å². The number of benzene rings is 2. The van der Waals surface area contributed by atoms with Crippen LogP contribution < -0.4 is 5.73 Å². The summed E-state index contributed by atoms with van der Waals surface area (Å²) in [7, 11) is 0. The third-order valence-electron chi connectivity index (χ3n) is 2.48. The van der Waals surface area contributed by atoms with Crippen molar-refractivity contribution in [3.05, 3.63) is 53.6 Å². The number of anilines is 1. The molecule has 0 spiro atoms. The van der Waals surface area contributed by atoms with Crippen LogP contribution in [0.25, 0.3) is 11.1 Å². The maximum atomic E-state index is 13.6. The van der Waals surface area contributed by atoms with Crippen LogP contribution in [0.1, 0.15) is 5.56 Å². The van der Waals surface area contributed by atoms with Gasteiger partial charge < -0.3 is 5.73 Å². The molecule has 0 unspecified atom stereocenters. The van der Waals surface area contributed by atoms with Crippen LogP contribution in [0.5, 0.6) is 0 Å². The number of aryl methyl sites for hydroxylation is 1. The second-order valence-corrected chi connectivity index (χ2v) is 3.70. The number of rotatable bonds is 1. The Morgan fingerprint density at radius 2 is 1.69 bits per heavy atom. The first-order valence-electron chi connectivity index (χ1n) is 4.89. The molecule has 2 N–H and O–H groups in total. The summed E-state index contributed by atoms with van der Waals surface area (Å²) in [5.41, 5.74) is 7.89. The van der Waals surface area contributed by atoms with Gasteiger partial charge in [-0.1, -0.05) is 6.07 Å². The fraction of sp³-hybridized carbons (Fsp3) is 0.0769. The summed E-state index contributed by atoms with van der Waals surface area (Å²) in [6.07, 6.45) is 0. The summed E-state index contributed by atoms with van der Waals surface area (Å²) in [4.78, 5) is 0. The Bertz CT molecular complexity index is 486. The average molecular weight is 219 g/mol. The van der Waals surface area contributed by atoms with Gasteiger partial charge in [0.2, 0.25) is 0 Å². The predicted molar refractivity (Wildman–Crippen MR) is 60.9 cm³/mol. The highest BCUT2D eigenvalue weighted by atomic mass is 19.1. The zero-order chi connectivity index (χ0) is 11.7. The molecule has 0 saturated heterocycles. The average Bonchev–Trinajstić information content (AvgIpc) is 2.25. The summed E-state index contributed by atoms with van der Waals surface area (Å²) in [5.74, 6) is -0.909. The molecule has 0 aliphatic carbocycles. The molecular formula is C13H11F2N. The summed E-state index contributed by atoms with van der Waals surface area (Å²) in [6, 6.07) is 8.56. The summed E-state index contributed by atoms with van der Waals surface area (Å²) >= 11 is 0. The van der Waals surface area contributed by atoms with E-state index in [1.807, 2.05) is 6.92 Å². The Balaban J connectivity index is 2.66. The second kappa shape index (κ2) is 3.93. The van der Waals surface area contributed by atoms with Gasteiger partial charge in [0.1, 0.15) is 11.6 Å². The van der Waals surface area contributed by atoms with Gasteiger partial charge in [0.25, 0.3) is 0 Å². The van der Waals surface area contributed by atoms with E-state index in [4.69, 9.17) is 5.73 Å². The molecule has 2 aromatic rings. The molecule has 3 heteroatoms. The first kappa shape index (κ1) is 10.6. The van der Waals surface area contributed by atoms with E-state index in [1.165, 1.54) is 6.07 Å². The molecule has 2 aromatic carbocycles. The Morgan fingerprint density at radius 3 is 2.44 bits per heavy atom. The Morgan fingerprint density at radius 1 is 0.938 bits per heavy atom. The standard InChI is InChI=1S/C13H11F2N/c1-8-2-4-10(16)7-11(8)12-6-9(14)3-5-13(12)15/h2-7H,16H2,1H3. The number of hydrogen-bond acceptors (Lipinski definition) is 1. The molecule has 0 bridgehead atoms. The number of nitrogen functional groups attached to an aromatic ring is 1. The van der Waals surface area contributed by atoms with Crippen molar-refractivity contribution in [3.8, 4) is 11.1 Å². The lowest BCUT2D eigenvalue weighted by molar-refractivity contribution is 0.603. The zero-order valence-corrected chi connectivity index (χ0v) is 8.80. The highest BCUT2D eigenvalue weighted by Crippen LogP contribution is 2.28. The monoisotopic (exact) mass is 219 g/mol. The lowest BCUT2D eigenvalue weighted by Gasteiger charge is -2.08. The highest BCUT2D eigenvalue weighted by Gasteiger charge is 2.09. The minimum absolute atomic E-state index is 0.241. The predicted octanol–water partition coefficient (Wildman–Crippen LogP) is 3.52. The van der Waals surface area contributed by atoms with Gasteiger partial charge in [-0.3, -0.25) is 0 Å². The van der Waals surface area contributed by atoms with Gasteiger partial charge in [0.05, 0.1) is 0 Å². The van der Waals surface area contributed by atoms with Crippen LogP contribution in [0.3, 0.4) is 0 Å². The fourth-order valence-electron chi connectivity index (χ4n) is 1.63. The van der Waals surface area contributed by atoms with E-state index in [9.17, 15) is 8.78 Å². The van der Waals surface area contributed by atoms with E-state index in [1.54, 1.807) is 18.2 Å². The van der Waals surface area contributed by atoms with E-state index in [0.717, 1.165) is 17.7 Å². The van der Waals surface area contributed by atoms with E-state index in [0.29, 0.717) is 11.3 Å². The Hall–Kier alpha value is -1.90. The van der Waals surface area contributed by atoms with E-state index >= 15 is 0 Å². The van der Waals surface area contributed by atoms with Gasteiger partial charge in [0.15, 0.2) is 0 Å². The van der Waals surface area contributed by atoms with Crippen LogP contribution in [0.2, 0.25) is 0 Å². The molecule has 0 radical (unpaired) electrons. The molecule has 0 atom stereocenters. The molecule has 0 heterocycles. The molecular weight excluding hydrogens is 208 g/mol. The molecule has 2 rings (SSSR count). The van der Waals surface area contributed by atoms with Crippen molar-refractivity contribution < 1.29 is 8.78 Å². The van der Waals surface area contributed by atoms with Crippen LogP contribution in [0.15, 0.2) is 36.4 Å². The fourth-order valence-corrected chi connectivity index (χ4v) is 1.63. The third-order valence-corrected chi connectivity index (χ3v) is 2.48. The van der Waals surface area contributed by atoms with E-state index in [2.05, 4.69) is 0 Å². The third kappa shape index (κ3) is 1.89. The summed E-state index contributed by atoms with van der Waals surface area (Å²) in [5, 5.41) is 0. The van der Waals surface area contributed by atoms with Crippen molar-refractivity contribution in [2.24, 2.45) is 0 Å². The molecule has 0 aliphatic rings. The number of hydrogen-bond donors (Lipinski definition) is 1. The SMILES string of the molecule is Cc1ccc(N)cc1-c1cc(F)ccc1F. The van der Waals surface area contributed by atoms with Crippen LogP contribution in [-0.2, 0) is 0 Å². The van der Waals surface area contributed by atoms with Crippen molar-refractivity contribution in [3.63, 3.8) is 0 Å². The van der Waals surface area contributed by atoms with Gasteiger partial charge in [-0.25, -0.2) is 8.78 Å². The van der Waals surface area contributed by atoms with Gasteiger partial charge in [-0.05, 0) is 48.4 Å². The zero-order valence-electron chi connectivity index (χ0n) is 8.80. The topological polar surface area (TPSA) is 26.0 Å². The highest BCUT2D eigenvalue weighted by molar-refractivity contribution is 5.71. The largest absolute Gasteiger partial charge is 0.399 e. The van der Waals surface area contributed by atoms with E-state index < -0.39 is 11.6 Å². The molecule has 82 valence electrons. The lowest BCUT2D eigenvalue weighted by atomic mass is 9.99. The van der Waals surface area contributed by atoms with Crippen LogP contribution >= 0.6 is 0 Å². The maximum Gasteiger partial charge on any atom is 0.131 e. The number of halogens is 2. The van der Waals surface area contributed by atoms with Crippen molar-refractivity contribution >= 4 is 5.69 Å². The van der Waals surface area contributed by atoms with Crippen molar-refractivity contribution in [1.29, 1.82) is 0 Å². The summed E-state index contributed by atoms with van der Waals surface area (Å²) < 4.78 is 26.6. The number of nitrogens with two attached hydrogens (primary N) is 1. The lowest BCUT2D eigenvalue weighted by Crippen LogP contribution is -1.92. The second-order valence-electron chi connectivity index (χ2n) is 3.70. The van der Waals surface area contributed by atoms with Gasteiger partial charge in [-0.2, -0.15) is 0 Å². The quantitative estimate of drug-likeness (QED) is 0.729. The Kier molecular flexibility index (Phi) is 2.60. The van der Waals surface area contributed by atoms with Gasteiger partial charge >= 0.3 is 0 Å². The molecule has 0 aromatic heterocycles. The van der Waals surface area contributed by atoms with Gasteiger partial charge in [0, 0.05) is 11.3 Å². The van der Waals surface area contributed by atoms with Crippen molar-refractivity contribution in [1.82, 2.24) is 0 Å². The smallest absolute Gasteiger partial charge is 0.131 e. The first-order valence-corrected chi connectivity index (χ1v) is 4.89. The molecule has 16 heavy (non-hydrogen) atoms. The molecule has 0 fully saturated rings. The van der Waals surface area contributed by atoms with Gasteiger partial charge in [-0.15, -0.1) is 0 Å². The molecule has 0 amide bonds. The molecule has 0 saturated carbocycles. The van der Waals surface area contributed by atoms with Crippen molar-refractivity contribution in [2.75, 3.05) is 5.73 Å². The molecule has 1 nitrogen and oxygen atoms in total. The maximum absolute atomic E-state index is 13.6. The van der Waals surface area contributed by atoms with Crippen LogP contribution in [0.4, 0.5) is 14.5 Å². The van der Waals surface area contributed by atoms with E-state index in [-0.39, 0.29) is 5.56 Å². The first-order chi connectivity index (χ1) is 7.58. The Labute approximate surface area is 92.5 Å². The van der Waals surface area contributed by atoms with Crippen LogP contribution in [0, 0.1) is 18.6 Å². The molecule has 0 aliphatic heterocycles. The summed E-state index contributed by atoms with van der Waals surface area (Å²) in [6.45, 7) is 1.83.